The molecular formula is C18H20FN3O3S. The summed E-state index contributed by atoms with van der Waals surface area (Å²) in [4.78, 5) is 16.5. The number of piperazine rings is 1. The van der Waals surface area contributed by atoms with E-state index in [1.54, 1.807) is 12.1 Å². The highest BCUT2D eigenvalue weighted by atomic mass is 32.2. The van der Waals surface area contributed by atoms with Gasteiger partial charge in [0.2, 0.25) is 0 Å². The molecule has 0 radical (unpaired) electrons. The zero-order valence-electron chi connectivity index (χ0n) is 14.4. The van der Waals surface area contributed by atoms with Crippen molar-refractivity contribution in [3.05, 3.63) is 59.9 Å². The Balaban J connectivity index is 1.69. The van der Waals surface area contributed by atoms with E-state index in [1.165, 1.54) is 0 Å². The summed E-state index contributed by atoms with van der Waals surface area (Å²) in [5, 5.41) is 0. The molecule has 0 unspecified atom stereocenters. The number of anilines is 1. The molecule has 8 heteroatoms. The molecule has 3 rings (SSSR count). The predicted molar refractivity (Wildman–Crippen MR) is 97.2 cm³/mol. The van der Waals surface area contributed by atoms with Gasteiger partial charge >= 0.3 is 0 Å². The van der Waals surface area contributed by atoms with Crippen LogP contribution in [0, 0.1) is 5.82 Å². The summed E-state index contributed by atoms with van der Waals surface area (Å²) in [7, 11) is -1.97. The molecule has 2 aromatic carbocycles. The first-order valence-corrected chi connectivity index (χ1v) is 9.70. The van der Waals surface area contributed by atoms with Crippen LogP contribution in [-0.4, -0.2) is 52.5 Å². The maximum atomic E-state index is 12.9. The van der Waals surface area contributed by atoms with Crippen LogP contribution in [0.3, 0.4) is 0 Å². The van der Waals surface area contributed by atoms with Crippen LogP contribution < -0.4 is 9.62 Å². The average molecular weight is 377 g/mol. The van der Waals surface area contributed by atoms with Gasteiger partial charge in [-0.1, -0.05) is 0 Å². The molecule has 1 N–H and O–H groups in total. The SMILES string of the molecule is CN1CCN(c2ccc(C(=O)NS(=O)(=O)c3ccc(F)cc3)cc2)CC1. The molecule has 1 heterocycles. The van der Waals surface area contributed by atoms with Gasteiger partial charge in [0, 0.05) is 37.4 Å². The number of nitrogens with one attached hydrogen (secondary N) is 1. The Bertz CT molecular complexity index is 875. The van der Waals surface area contributed by atoms with E-state index in [1.807, 2.05) is 16.9 Å². The second-order valence-electron chi connectivity index (χ2n) is 6.23. The van der Waals surface area contributed by atoms with Crippen LogP contribution in [0.15, 0.2) is 53.4 Å². The summed E-state index contributed by atoms with van der Waals surface area (Å²) in [5.41, 5.74) is 1.24. The standard InChI is InChI=1S/C18H20FN3O3S/c1-21-10-12-22(13-11-21)16-6-2-14(3-7-16)18(23)20-26(24,25)17-8-4-15(19)5-9-17/h2-9H,10-13H2,1H3,(H,20,23). The molecule has 138 valence electrons. The number of likely N-dealkylation sites (N-methyl/N-ethyl adjacent to an activating group) is 1. The highest BCUT2D eigenvalue weighted by molar-refractivity contribution is 7.90. The third kappa shape index (κ3) is 4.20. The van der Waals surface area contributed by atoms with Crippen molar-refractivity contribution >= 4 is 21.6 Å². The van der Waals surface area contributed by atoms with Crippen LogP contribution in [0.1, 0.15) is 10.4 Å². The summed E-state index contributed by atoms with van der Waals surface area (Å²) in [5.74, 6) is -1.27. The molecule has 0 aliphatic carbocycles. The van der Waals surface area contributed by atoms with E-state index in [0.29, 0.717) is 0 Å². The minimum Gasteiger partial charge on any atom is -0.369 e. The van der Waals surface area contributed by atoms with E-state index in [2.05, 4.69) is 16.8 Å². The topological polar surface area (TPSA) is 69.7 Å². The maximum Gasteiger partial charge on any atom is 0.264 e. The first kappa shape index (κ1) is 18.3. The van der Waals surface area contributed by atoms with Crippen LogP contribution in [0.4, 0.5) is 10.1 Å². The largest absolute Gasteiger partial charge is 0.369 e. The average Bonchev–Trinajstić information content (AvgIpc) is 2.62. The highest BCUT2D eigenvalue weighted by Crippen LogP contribution is 2.17. The molecule has 1 aliphatic heterocycles. The number of hydrogen-bond donors (Lipinski definition) is 1. The maximum absolute atomic E-state index is 12.9. The minimum atomic E-state index is -4.04. The van der Waals surface area contributed by atoms with Gasteiger partial charge in [0.05, 0.1) is 4.90 Å². The first-order valence-electron chi connectivity index (χ1n) is 8.21. The Morgan fingerprint density at radius 2 is 1.54 bits per heavy atom. The lowest BCUT2D eigenvalue weighted by atomic mass is 10.1. The van der Waals surface area contributed by atoms with Gasteiger partial charge in [-0.3, -0.25) is 4.79 Å². The first-order chi connectivity index (χ1) is 12.3. The van der Waals surface area contributed by atoms with Gasteiger partial charge in [0.25, 0.3) is 15.9 Å². The Morgan fingerprint density at radius 3 is 2.12 bits per heavy atom. The third-order valence-electron chi connectivity index (χ3n) is 4.35. The van der Waals surface area contributed by atoms with Gasteiger partial charge in [0.1, 0.15) is 5.82 Å². The molecule has 0 atom stereocenters. The van der Waals surface area contributed by atoms with Crippen molar-refractivity contribution in [2.24, 2.45) is 0 Å². The van der Waals surface area contributed by atoms with Crippen molar-refractivity contribution < 1.29 is 17.6 Å². The predicted octanol–water partition coefficient (Wildman–Crippen LogP) is 1.70. The van der Waals surface area contributed by atoms with Crippen molar-refractivity contribution in [2.75, 3.05) is 38.1 Å². The number of halogens is 1. The van der Waals surface area contributed by atoms with Crippen LogP contribution in [0.25, 0.3) is 0 Å². The van der Waals surface area contributed by atoms with E-state index in [-0.39, 0.29) is 10.5 Å². The minimum absolute atomic E-state index is 0.165. The molecule has 0 spiro atoms. The van der Waals surface area contributed by atoms with Crippen LogP contribution in [0.2, 0.25) is 0 Å². The third-order valence-corrected chi connectivity index (χ3v) is 5.70. The number of carbonyl (C=O) groups is 1. The van der Waals surface area contributed by atoms with Crippen molar-refractivity contribution in [1.29, 1.82) is 0 Å². The van der Waals surface area contributed by atoms with E-state index >= 15 is 0 Å². The van der Waals surface area contributed by atoms with Crippen molar-refractivity contribution in [3.63, 3.8) is 0 Å². The summed E-state index contributed by atoms with van der Waals surface area (Å²) < 4.78 is 39.3. The Hall–Kier alpha value is -2.45. The van der Waals surface area contributed by atoms with E-state index in [4.69, 9.17) is 0 Å². The molecule has 1 amide bonds. The lowest BCUT2D eigenvalue weighted by molar-refractivity contribution is 0.0981. The fourth-order valence-corrected chi connectivity index (χ4v) is 3.72. The van der Waals surface area contributed by atoms with Gasteiger partial charge in [-0.2, -0.15) is 0 Å². The fraction of sp³-hybridized carbons (Fsp3) is 0.278. The van der Waals surface area contributed by atoms with Crippen LogP contribution >= 0.6 is 0 Å². The van der Waals surface area contributed by atoms with E-state index in [9.17, 15) is 17.6 Å². The normalized spacial score (nSPS) is 15.7. The zero-order chi connectivity index (χ0) is 18.7. The fourth-order valence-electron chi connectivity index (χ4n) is 2.74. The number of nitrogens with zero attached hydrogens (tertiary/aromatic N) is 2. The van der Waals surface area contributed by atoms with E-state index in [0.717, 1.165) is 56.1 Å². The quantitative estimate of drug-likeness (QED) is 0.878. The number of sulfonamides is 1. The summed E-state index contributed by atoms with van der Waals surface area (Å²) in [6.45, 7) is 3.75. The summed E-state index contributed by atoms with van der Waals surface area (Å²) >= 11 is 0. The van der Waals surface area contributed by atoms with Crippen molar-refractivity contribution in [1.82, 2.24) is 9.62 Å². The van der Waals surface area contributed by atoms with Crippen LogP contribution in [-0.2, 0) is 10.0 Å². The summed E-state index contributed by atoms with van der Waals surface area (Å²) in [6.07, 6.45) is 0. The monoisotopic (exact) mass is 377 g/mol. The number of rotatable bonds is 4. The lowest BCUT2D eigenvalue weighted by Crippen LogP contribution is -2.44. The summed E-state index contributed by atoms with van der Waals surface area (Å²) in [6, 6.07) is 11.1. The number of benzene rings is 2. The second-order valence-corrected chi connectivity index (χ2v) is 7.91. The molecule has 1 aliphatic rings. The molecule has 6 nitrogen and oxygen atoms in total. The van der Waals surface area contributed by atoms with Crippen molar-refractivity contribution in [2.45, 2.75) is 4.90 Å². The lowest BCUT2D eigenvalue weighted by Gasteiger charge is -2.34. The Kier molecular flexibility index (Phi) is 5.24. The Labute approximate surface area is 152 Å². The van der Waals surface area contributed by atoms with Gasteiger partial charge in [-0.25, -0.2) is 17.5 Å². The van der Waals surface area contributed by atoms with Gasteiger partial charge < -0.3 is 9.80 Å². The molecule has 1 fully saturated rings. The second kappa shape index (κ2) is 7.43. The van der Waals surface area contributed by atoms with E-state index < -0.39 is 21.7 Å². The van der Waals surface area contributed by atoms with Gasteiger partial charge in [-0.05, 0) is 55.6 Å². The molecule has 26 heavy (non-hydrogen) atoms. The number of carbonyl (C=O) groups excluding carboxylic acids is 1. The van der Waals surface area contributed by atoms with Crippen LogP contribution in [0.5, 0.6) is 0 Å². The van der Waals surface area contributed by atoms with Gasteiger partial charge in [-0.15, -0.1) is 0 Å². The molecule has 2 aromatic rings. The zero-order valence-corrected chi connectivity index (χ0v) is 15.2. The highest BCUT2D eigenvalue weighted by Gasteiger charge is 2.19. The van der Waals surface area contributed by atoms with Gasteiger partial charge in [0.15, 0.2) is 0 Å². The Morgan fingerprint density at radius 1 is 0.962 bits per heavy atom. The number of hydrogen-bond acceptors (Lipinski definition) is 5. The molecule has 0 saturated carbocycles. The van der Waals surface area contributed by atoms with Crippen molar-refractivity contribution in [3.8, 4) is 0 Å². The molecule has 0 aromatic heterocycles. The molecule has 1 saturated heterocycles. The number of amides is 1. The smallest absolute Gasteiger partial charge is 0.264 e. The molecule has 0 bridgehead atoms. The molecular weight excluding hydrogens is 357 g/mol.